The number of aryl methyl sites for hydroxylation is 1. The molecule has 34 heavy (non-hydrogen) atoms. The molecule has 2 aromatic carbocycles. The van der Waals surface area contributed by atoms with E-state index < -0.39 is 0 Å². The predicted molar refractivity (Wildman–Crippen MR) is 131 cm³/mol. The summed E-state index contributed by atoms with van der Waals surface area (Å²) in [6.07, 6.45) is 1.71. The van der Waals surface area contributed by atoms with Gasteiger partial charge >= 0.3 is 6.03 Å². The van der Waals surface area contributed by atoms with Crippen LogP contribution in [0, 0.1) is 6.92 Å². The number of amides is 3. The number of carbonyl (C=O) groups excluding carboxylic acids is 2. The highest BCUT2D eigenvalue weighted by Crippen LogP contribution is 2.32. The van der Waals surface area contributed by atoms with Gasteiger partial charge < -0.3 is 25.0 Å². The molecule has 1 aliphatic heterocycles. The Bertz CT molecular complexity index is 1160. The van der Waals surface area contributed by atoms with E-state index in [4.69, 9.17) is 9.47 Å². The van der Waals surface area contributed by atoms with E-state index in [0.29, 0.717) is 41.0 Å². The van der Waals surface area contributed by atoms with Crippen LogP contribution in [0.25, 0.3) is 0 Å². The molecule has 9 nitrogen and oxygen atoms in total. The third kappa shape index (κ3) is 5.45. The molecule has 2 N–H and O–H groups in total. The number of hydrogen-bond acceptors (Lipinski definition) is 7. The van der Waals surface area contributed by atoms with Gasteiger partial charge in [0, 0.05) is 30.8 Å². The second kappa shape index (κ2) is 10.5. The quantitative estimate of drug-likeness (QED) is 0.536. The number of anilines is 2. The summed E-state index contributed by atoms with van der Waals surface area (Å²) in [5.41, 5.74) is 2.40. The molecule has 1 fully saturated rings. The van der Waals surface area contributed by atoms with Crippen LogP contribution in [0.4, 0.5) is 16.2 Å². The van der Waals surface area contributed by atoms with Crippen molar-refractivity contribution in [2.45, 2.75) is 25.7 Å². The van der Waals surface area contributed by atoms with Crippen LogP contribution in [0.2, 0.25) is 0 Å². The molecule has 0 saturated carbocycles. The van der Waals surface area contributed by atoms with Gasteiger partial charge in [-0.25, -0.2) is 4.79 Å². The van der Waals surface area contributed by atoms with Crippen molar-refractivity contribution in [1.82, 2.24) is 15.1 Å². The van der Waals surface area contributed by atoms with E-state index in [9.17, 15) is 9.59 Å². The normalized spacial score (nSPS) is 15.5. The number of carbonyl (C=O) groups is 2. The van der Waals surface area contributed by atoms with E-state index in [1.54, 1.807) is 37.3 Å². The average molecular weight is 482 g/mol. The number of hydrogen-bond donors (Lipinski definition) is 2. The first-order valence-electron chi connectivity index (χ1n) is 11.0. The van der Waals surface area contributed by atoms with Crippen LogP contribution in [-0.2, 0) is 0 Å². The van der Waals surface area contributed by atoms with E-state index in [1.807, 2.05) is 31.2 Å². The summed E-state index contributed by atoms with van der Waals surface area (Å²) in [5, 5.41) is 15.2. The Morgan fingerprint density at radius 3 is 2.59 bits per heavy atom. The van der Waals surface area contributed by atoms with Crippen LogP contribution in [0.1, 0.15) is 39.1 Å². The molecule has 178 valence electrons. The maximum Gasteiger partial charge on any atom is 0.321 e. The number of rotatable bonds is 6. The fourth-order valence-electron chi connectivity index (χ4n) is 3.77. The molecule has 1 aliphatic rings. The van der Waals surface area contributed by atoms with Gasteiger partial charge in [-0.2, -0.15) is 0 Å². The van der Waals surface area contributed by atoms with Crippen molar-refractivity contribution in [1.29, 1.82) is 0 Å². The number of nitrogens with one attached hydrogen (secondary N) is 2. The lowest BCUT2D eigenvalue weighted by Crippen LogP contribution is -2.41. The van der Waals surface area contributed by atoms with Crippen LogP contribution in [-0.4, -0.2) is 54.3 Å². The third-order valence-corrected chi connectivity index (χ3v) is 6.74. The molecule has 3 amide bonds. The molecule has 0 spiro atoms. The Labute approximate surface area is 202 Å². The van der Waals surface area contributed by atoms with Gasteiger partial charge in [0.1, 0.15) is 16.5 Å². The minimum absolute atomic E-state index is 0.0238. The average Bonchev–Trinajstić information content (AvgIpc) is 3.36. The predicted octanol–water partition coefficient (Wildman–Crippen LogP) is 4.53. The summed E-state index contributed by atoms with van der Waals surface area (Å²) in [6, 6.07) is 12.6. The zero-order valence-corrected chi connectivity index (χ0v) is 20.1. The highest BCUT2D eigenvalue weighted by Gasteiger charge is 2.28. The summed E-state index contributed by atoms with van der Waals surface area (Å²) in [7, 11) is 3.12. The molecule has 1 atom stereocenters. The SMILES string of the molecule is COc1ccc(NC(=O)N2CCCC(c3nnc(C(=O)Nc4ccc(C)cc4)s3)C2)c(OC)c1. The molecule has 1 saturated heterocycles. The lowest BCUT2D eigenvalue weighted by atomic mass is 9.99. The Morgan fingerprint density at radius 2 is 1.85 bits per heavy atom. The first kappa shape index (κ1) is 23.5. The largest absolute Gasteiger partial charge is 0.497 e. The monoisotopic (exact) mass is 481 g/mol. The molecule has 4 rings (SSSR count). The molecule has 10 heteroatoms. The lowest BCUT2D eigenvalue weighted by Gasteiger charge is -2.31. The Kier molecular flexibility index (Phi) is 7.27. The van der Waals surface area contributed by atoms with Crippen molar-refractivity contribution in [3.05, 3.63) is 58.0 Å². The molecule has 2 heterocycles. The number of ether oxygens (including phenoxy) is 2. The smallest absolute Gasteiger partial charge is 0.321 e. The Hall–Kier alpha value is -3.66. The number of piperidine rings is 1. The molecule has 0 aliphatic carbocycles. The standard InChI is InChI=1S/C24H27N5O4S/c1-15-6-8-17(9-7-15)25-21(30)23-28-27-22(34-23)16-5-4-12-29(14-16)24(31)26-19-11-10-18(32-2)13-20(19)33-3/h6-11,13,16H,4-5,12,14H2,1-3H3,(H,25,30)(H,26,31). The maximum atomic E-state index is 12.9. The van der Waals surface area contributed by atoms with Crippen molar-refractivity contribution >= 4 is 34.6 Å². The van der Waals surface area contributed by atoms with Gasteiger partial charge in [0.15, 0.2) is 0 Å². The number of urea groups is 1. The van der Waals surface area contributed by atoms with Crippen molar-refractivity contribution in [3.8, 4) is 11.5 Å². The minimum Gasteiger partial charge on any atom is -0.497 e. The Morgan fingerprint density at radius 1 is 1.06 bits per heavy atom. The molecular formula is C24H27N5O4S. The van der Waals surface area contributed by atoms with Gasteiger partial charge in [-0.3, -0.25) is 4.79 Å². The van der Waals surface area contributed by atoms with Crippen molar-refractivity contribution in [2.75, 3.05) is 37.9 Å². The van der Waals surface area contributed by atoms with Gasteiger partial charge in [-0.05, 0) is 44.0 Å². The van der Waals surface area contributed by atoms with Gasteiger partial charge in [-0.15, -0.1) is 10.2 Å². The second-order valence-corrected chi connectivity index (χ2v) is 9.06. The highest BCUT2D eigenvalue weighted by atomic mass is 32.1. The van der Waals surface area contributed by atoms with Crippen LogP contribution in [0.15, 0.2) is 42.5 Å². The topological polar surface area (TPSA) is 106 Å². The minimum atomic E-state index is -0.287. The van der Waals surface area contributed by atoms with Gasteiger partial charge in [0.2, 0.25) is 5.01 Å². The van der Waals surface area contributed by atoms with Crippen molar-refractivity contribution in [2.24, 2.45) is 0 Å². The first-order valence-corrected chi connectivity index (χ1v) is 11.8. The molecule has 1 unspecified atom stereocenters. The van der Waals surface area contributed by atoms with E-state index in [0.717, 1.165) is 23.4 Å². The summed E-state index contributed by atoms with van der Waals surface area (Å²) in [5.74, 6) is 0.904. The van der Waals surface area contributed by atoms with Crippen LogP contribution in [0.5, 0.6) is 11.5 Å². The summed E-state index contributed by atoms with van der Waals surface area (Å²) in [6.45, 7) is 3.13. The Balaban J connectivity index is 1.39. The lowest BCUT2D eigenvalue weighted by molar-refractivity contribution is 0.102. The highest BCUT2D eigenvalue weighted by molar-refractivity contribution is 7.13. The summed E-state index contributed by atoms with van der Waals surface area (Å²) >= 11 is 1.27. The third-order valence-electron chi connectivity index (χ3n) is 5.65. The van der Waals surface area contributed by atoms with Crippen LogP contribution in [0.3, 0.4) is 0 Å². The second-order valence-electron chi connectivity index (χ2n) is 8.05. The number of nitrogens with zero attached hydrogens (tertiary/aromatic N) is 3. The molecular weight excluding hydrogens is 454 g/mol. The number of methoxy groups -OCH3 is 2. The van der Waals surface area contributed by atoms with Crippen molar-refractivity contribution < 1.29 is 19.1 Å². The van der Waals surface area contributed by atoms with E-state index in [-0.39, 0.29) is 17.9 Å². The molecule has 0 radical (unpaired) electrons. The van der Waals surface area contributed by atoms with Gasteiger partial charge in [0.25, 0.3) is 5.91 Å². The molecule has 3 aromatic rings. The van der Waals surface area contributed by atoms with Gasteiger partial charge in [-0.1, -0.05) is 29.0 Å². The number of likely N-dealkylation sites (tertiary alicyclic amines) is 1. The summed E-state index contributed by atoms with van der Waals surface area (Å²) in [4.78, 5) is 27.3. The first-order chi connectivity index (χ1) is 16.5. The fourth-order valence-corrected chi connectivity index (χ4v) is 4.64. The zero-order chi connectivity index (χ0) is 24.1. The fraction of sp³-hybridized carbons (Fsp3) is 0.333. The molecule has 1 aromatic heterocycles. The number of aromatic nitrogens is 2. The van der Waals surface area contributed by atoms with Crippen LogP contribution < -0.4 is 20.1 Å². The molecule has 0 bridgehead atoms. The van der Waals surface area contributed by atoms with Gasteiger partial charge in [0.05, 0.1) is 19.9 Å². The van der Waals surface area contributed by atoms with E-state index in [1.165, 1.54) is 11.3 Å². The zero-order valence-electron chi connectivity index (χ0n) is 19.3. The summed E-state index contributed by atoms with van der Waals surface area (Å²) < 4.78 is 10.6. The van der Waals surface area contributed by atoms with E-state index in [2.05, 4.69) is 20.8 Å². The van der Waals surface area contributed by atoms with Crippen LogP contribution >= 0.6 is 11.3 Å². The van der Waals surface area contributed by atoms with Crippen molar-refractivity contribution in [3.63, 3.8) is 0 Å². The number of benzene rings is 2. The maximum absolute atomic E-state index is 12.9. The van der Waals surface area contributed by atoms with E-state index >= 15 is 0 Å².